The summed E-state index contributed by atoms with van der Waals surface area (Å²) in [5, 5.41) is 12.8. The van der Waals surface area contributed by atoms with Crippen LogP contribution >= 0.6 is 0 Å². The number of fused-ring (bicyclic) bond motifs is 1. The number of rotatable bonds is 5. The summed E-state index contributed by atoms with van der Waals surface area (Å²) >= 11 is 0. The van der Waals surface area contributed by atoms with Crippen LogP contribution in [0, 0.1) is 25.2 Å². The van der Waals surface area contributed by atoms with Gasteiger partial charge >= 0.3 is 0 Å². The van der Waals surface area contributed by atoms with Crippen LogP contribution in [0.25, 0.3) is 0 Å². The van der Waals surface area contributed by atoms with Gasteiger partial charge in [-0.15, -0.1) is 0 Å². The highest BCUT2D eigenvalue weighted by molar-refractivity contribution is 5.95. The molecule has 1 N–H and O–H groups in total. The number of carbonyl (C=O) groups excluding carboxylic acids is 1. The van der Waals surface area contributed by atoms with Crippen molar-refractivity contribution in [3.8, 4) is 6.07 Å². The van der Waals surface area contributed by atoms with Crippen molar-refractivity contribution >= 4 is 17.4 Å². The fourth-order valence-electron chi connectivity index (χ4n) is 4.55. The molecule has 2 aliphatic rings. The highest BCUT2D eigenvalue weighted by atomic mass is 16.5. The summed E-state index contributed by atoms with van der Waals surface area (Å²) in [4.78, 5) is 15.1. The van der Waals surface area contributed by atoms with Crippen LogP contribution in [0.3, 0.4) is 0 Å². The largest absolute Gasteiger partial charge is 0.376 e. The maximum absolute atomic E-state index is 13.0. The van der Waals surface area contributed by atoms with Crippen LogP contribution in [0.5, 0.6) is 0 Å². The van der Waals surface area contributed by atoms with Gasteiger partial charge in [-0.3, -0.25) is 4.79 Å². The second-order valence-corrected chi connectivity index (χ2v) is 8.15. The van der Waals surface area contributed by atoms with E-state index in [2.05, 4.69) is 35.3 Å². The average molecular weight is 393 g/mol. The first-order valence-electron chi connectivity index (χ1n) is 10.4. The van der Waals surface area contributed by atoms with E-state index in [-0.39, 0.29) is 24.6 Å². The highest BCUT2D eigenvalue weighted by Crippen LogP contribution is 2.32. The van der Waals surface area contributed by atoms with Crippen LogP contribution in [-0.2, 0) is 22.5 Å². The van der Waals surface area contributed by atoms with Gasteiger partial charge in [0, 0.05) is 24.0 Å². The fourth-order valence-corrected chi connectivity index (χ4v) is 4.55. The van der Waals surface area contributed by atoms with Crippen LogP contribution in [0.15, 0.2) is 24.3 Å². The number of hydrogen-bond donors (Lipinski definition) is 1. The van der Waals surface area contributed by atoms with Crippen LogP contribution < -0.4 is 10.2 Å². The Balaban J connectivity index is 1.56. The van der Waals surface area contributed by atoms with Crippen molar-refractivity contribution in [1.82, 2.24) is 4.57 Å². The van der Waals surface area contributed by atoms with Crippen LogP contribution in [0.4, 0.5) is 11.5 Å². The molecule has 0 bridgehead atoms. The quantitative estimate of drug-likeness (QED) is 0.845. The molecule has 1 fully saturated rings. The number of amides is 1. The number of ether oxygens (including phenoxy) is 1. The number of carbonyl (C=O) groups is 1. The van der Waals surface area contributed by atoms with E-state index in [1.807, 2.05) is 30.5 Å². The molecule has 6 nitrogen and oxygen atoms in total. The predicted molar refractivity (Wildman–Crippen MR) is 113 cm³/mol. The zero-order chi connectivity index (χ0) is 20.5. The number of aromatic nitrogens is 1. The molecule has 0 unspecified atom stereocenters. The van der Waals surface area contributed by atoms with Crippen molar-refractivity contribution in [3.63, 3.8) is 0 Å². The number of benzene rings is 1. The summed E-state index contributed by atoms with van der Waals surface area (Å²) in [6, 6.07) is 10.8. The molecule has 152 valence electrons. The molecule has 0 aliphatic carbocycles. The molecule has 29 heavy (non-hydrogen) atoms. The summed E-state index contributed by atoms with van der Waals surface area (Å²) < 4.78 is 7.84. The number of anilines is 2. The van der Waals surface area contributed by atoms with Crippen molar-refractivity contribution in [2.45, 2.75) is 58.7 Å². The van der Waals surface area contributed by atoms with Crippen molar-refractivity contribution in [2.75, 3.05) is 23.4 Å². The second kappa shape index (κ2) is 7.92. The standard InChI is InChI=1S/C23H28N4O2/c1-15-11-18-7-4-5-9-21(18)26(15)14-22(28)25-23-20(12-24)16(2)17(3)27(23)13-19-8-6-10-29-19/h4-5,7,9,15,19H,6,8,10-11,13-14H2,1-3H3,(H,25,28)/t15-,19+/m0/s1. The van der Waals surface area contributed by atoms with Crippen molar-refractivity contribution in [3.05, 3.63) is 46.6 Å². The zero-order valence-corrected chi connectivity index (χ0v) is 17.4. The summed E-state index contributed by atoms with van der Waals surface area (Å²) in [5.74, 6) is 0.499. The molecule has 6 heteroatoms. The van der Waals surface area contributed by atoms with Gasteiger partial charge in [-0.25, -0.2) is 0 Å². The lowest BCUT2D eigenvalue weighted by atomic mass is 10.1. The van der Waals surface area contributed by atoms with Crippen LogP contribution in [0.2, 0.25) is 0 Å². The van der Waals surface area contributed by atoms with Gasteiger partial charge in [0.15, 0.2) is 0 Å². The van der Waals surface area contributed by atoms with Crippen molar-refractivity contribution in [1.29, 1.82) is 5.26 Å². The van der Waals surface area contributed by atoms with Gasteiger partial charge in [0.25, 0.3) is 0 Å². The Morgan fingerprint density at radius 2 is 2.14 bits per heavy atom. The van der Waals surface area contributed by atoms with Gasteiger partial charge in [-0.05, 0) is 57.2 Å². The molecule has 2 aromatic rings. The number of hydrogen-bond acceptors (Lipinski definition) is 4. The van der Waals surface area contributed by atoms with Crippen LogP contribution in [0.1, 0.15) is 42.1 Å². The molecule has 1 saturated heterocycles. The molecule has 3 heterocycles. The summed E-state index contributed by atoms with van der Waals surface area (Å²) in [6.45, 7) is 7.79. The van der Waals surface area contributed by atoms with E-state index >= 15 is 0 Å². The Morgan fingerprint density at radius 3 is 2.86 bits per heavy atom. The normalized spacial score (nSPS) is 20.6. The first-order valence-corrected chi connectivity index (χ1v) is 10.4. The topological polar surface area (TPSA) is 70.3 Å². The Kier molecular flexibility index (Phi) is 5.33. The Hall–Kier alpha value is -2.78. The monoisotopic (exact) mass is 392 g/mol. The van der Waals surface area contributed by atoms with Crippen LogP contribution in [-0.4, -0.2) is 35.8 Å². The third-order valence-corrected chi connectivity index (χ3v) is 6.27. The Morgan fingerprint density at radius 1 is 1.34 bits per heavy atom. The summed E-state index contributed by atoms with van der Waals surface area (Å²) in [6.07, 6.45) is 3.14. The van der Waals surface area contributed by atoms with E-state index in [9.17, 15) is 10.1 Å². The summed E-state index contributed by atoms with van der Waals surface area (Å²) in [5.41, 5.74) is 4.87. The number of para-hydroxylation sites is 1. The van der Waals surface area contributed by atoms with Gasteiger partial charge in [-0.1, -0.05) is 18.2 Å². The molecule has 2 aliphatic heterocycles. The third-order valence-electron chi connectivity index (χ3n) is 6.27. The highest BCUT2D eigenvalue weighted by Gasteiger charge is 2.29. The van der Waals surface area contributed by atoms with E-state index in [1.165, 1.54) is 5.56 Å². The minimum Gasteiger partial charge on any atom is -0.376 e. The SMILES string of the molecule is Cc1c(C#N)c(NC(=O)CN2c3ccccc3C[C@@H]2C)n(C[C@H]2CCCO2)c1C. The molecular formula is C23H28N4O2. The van der Waals surface area contributed by atoms with Crippen molar-refractivity contribution < 1.29 is 9.53 Å². The lowest BCUT2D eigenvalue weighted by Crippen LogP contribution is -2.37. The molecule has 0 radical (unpaired) electrons. The molecule has 0 saturated carbocycles. The second-order valence-electron chi connectivity index (χ2n) is 8.15. The number of nitrogens with one attached hydrogen (secondary N) is 1. The maximum Gasteiger partial charge on any atom is 0.245 e. The predicted octanol–water partition coefficient (Wildman–Crippen LogP) is 3.55. The molecule has 0 spiro atoms. The average Bonchev–Trinajstić information content (AvgIpc) is 3.38. The first-order chi connectivity index (χ1) is 14.0. The number of nitrogens with zero attached hydrogens (tertiary/aromatic N) is 3. The maximum atomic E-state index is 13.0. The van der Waals surface area contributed by atoms with E-state index in [0.717, 1.165) is 42.8 Å². The molecule has 2 atom stereocenters. The molecule has 1 aromatic carbocycles. The van der Waals surface area contributed by atoms with E-state index in [0.29, 0.717) is 17.9 Å². The van der Waals surface area contributed by atoms with Gasteiger partial charge in [-0.2, -0.15) is 5.26 Å². The van der Waals surface area contributed by atoms with E-state index in [1.54, 1.807) is 0 Å². The van der Waals surface area contributed by atoms with Gasteiger partial charge < -0.3 is 19.5 Å². The molecule has 1 aromatic heterocycles. The smallest absolute Gasteiger partial charge is 0.245 e. The minimum absolute atomic E-state index is 0.101. The lowest BCUT2D eigenvalue weighted by Gasteiger charge is -2.24. The number of nitriles is 1. The first kappa shape index (κ1) is 19.5. The minimum atomic E-state index is -0.101. The molecule has 4 rings (SSSR count). The van der Waals surface area contributed by atoms with Gasteiger partial charge in [0.05, 0.1) is 24.8 Å². The Labute approximate surface area is 172 Å². The van der Waals surface area contributed by atoms with Gasteiger partial charge in [0.2, 0.25) is 5.91 Å². The Bertz CT molecular complexity index is 966. The third kappa shape index (κ3) is 3.63. The van der Waals surface area contributed by atoms with Gasteiger partial charge in [0.1, 0.15) is 11.9 Å². The lowest BCUT2D eigenvalue weighted by molar-refractivity contribution is -0.115. The van der Waals surface area contributed by atoms with Crippen molar-refractivity contribution in [2.24, 2.45) is 0 Å². The summed E-state index contributed by atoms with van der Waals surface area (Å²) in [7, 11) is 0. The van der Waals surface area contributed by atoms with E-state index < -0.39 is 0 Å². The van der Waals surface area contributed by atoms with E-state index in [4.69, 9.17) is 4.74 Å². The zero-order valence-electron chi connectivity index (χ0n) is 17.4. The molecular weight excluding hydrogens is 364 g/mol. The fraction of sp³-hybridized carbons (Fsp3) is 0.478. The molecule has 1 amide bonds.